The summed E-state index contributed by atoms with van der Waals surface area (Å²) in [6.45, 7) is 2.00. The number of H-pyrrole nitrogens is 1. The highest BCUT2D eigenvalue weighted by atomic mass is 31.2. The van der Waals surface area contributed by atoms with Gasteiger partial charge in [-0.15, -0.1) is 0 Å². The zero-order valence-electron chi connectivity index (χ0n) is 15.0. The topological polar surface area (TPSA) is 195 Å². The number of hydrogen-bond acceptors (Lipinski definition) is 9. The Morgan fingerprint density at radius 1 is 1.43 bits per heavy atom. The first-order valence-corrected chi connectivity index (χ1v) is 10.1. The quantitative estimate of drug-likeness (QED) is 0.263. The van der Waals surface area contributed by atoms with Crippen LogP contribution in [0.15, 0.2) is 11.1 Å². The number of aromatic amines is 1. The Morgan fingerprint density at radius 2 is 2.18 bits per heavy atom. The third-order valence-corrected chi connectivity index (χ3v) is 4.80. The van der Waals surface area contributed by atoms with E-state index in [-0.39, 0.29) is 23.7 Å². The average Bonchev–Trinajstić information content (AvgIpc) is 3.14. The number of nitrogens with zero attached hydrogens (tertiary/aromatic N) is 3. The second kappa shape index (κ2) is 8.25. The van der Waals surface area contributed by atoms with Crippen LogP contribution in [-0.4, -0.2) is 66.4 Å². The molecule has 1 saturated heterocycles. The number of phosphoric acid groups is 1. The van der Waals surface area contributed by atoms with E-state index in [9.17, 15) is 14.5 Å². The molecule has 3 rings (SSSR count). The van der Waals surface area contributed by atoms with E-state index in [1.807, 2.05) is 6.92 Å². The van der Waals surface area contributed by atoms with Crippen molar-refractivity contribution in [1.29, 1.82) is 0 Å². The Balaban J connectivity index is 1.89. The molecule has 4 atom stereocenters. The summed E-state index contributed by atoms with van der Waals surface area (Å²) in [5.74, 6) is -0.768. The Kier molecular flexibility index (Phi) is 6.15. The van der Waals surface area contributed by atoms with Crippen molar-refractivity contribution in [2.24, 2.45) is 5.92 Å². The molecule has 13 nitrogen and oxygen atoms in total. The van der Waals surface area contributed by atoms with Crippen LogP contribution in [0.2, 0.25) is 0 Å². The standard InChI is InChI=1S/C14H22N5O8P/c1-2-3-25-4-7-8(5-26-28(22,23)24)27-13(10(7)20)19-6-16-9-11(19)17-14(15)18-12(9)21/h6-8,10,13,20H,2-5H2,1H3,(H2,22,23,24)(H3,15,17,18,21)/t7-,8-,10-,13-/m1/s1. The summed E-state index contributed by atoms with van der Waals surface area (Å²) in [5.41, 5.74) is 5.16. The number of nitrogens with one attached hydrogen (secondary N) is 1. The molecule has 1 aliphatic rings. The maximum absolute atomic E-state index is 11.9. The highest BCUT2D eigenvalue weighted by molar-refractivity contribution is 7.46. The van der Waals surface area contributed by atoms with E-state index < -0.39 is 44.3 Å². The van der Waals surface area contributed by atoms with E-state index in [1.165, 1.54) is 10.9 Å². The smallest absolute Gasteiger partial charge is 0.388 e. The van der Waals surface area contributed by atoms with E-state index in [2.05, 4.69) is 19.5 Å². The zero-order valence-corrected chi connectivity index (χ0v) is 15.9. The van der Waals surface area contributed by atoms with Crippen LogP contribution < -0.4 is 11.3 Å². The predicted octanol–water partition coefficient (Wildman–Crippen LogP) is -0.888. The van der Waals surface area contributed by atoms with Crippen LogP contribution in [0.3, 0.4) is 0 Å². The first kappa shape index (κ1) is 20.9. The molecule has 0 amide bonds. The van der Waals surface area contributed by atoms with Gasteiger partial charge in [0.2, 0.25) is 5.95 Å². The molecular weight excluding hydrogens is 397 g/mol. The lowest BCUT2D eigenvalue weighted by Gasteiger charge is -2.20. The van der Waals surface area contributed by atoms with Crippen molar-refractivity contribution in [2.75, 3.05) is 25.6 Å². The van der Waals surface area contributed by atoms with Crippen LogP contribution in [0.5, 0.6) is 0 Å². The van der Waals surface area contributed by atoms with Crippen molar-refractivity contribution in [3.05, 3.63) is 16.7 Å². The van der Waals surface area contributed by atoms with Crippen LogP contribution in [0.4, 0.5) is 5.95 Å². The molecule has 0 spiro atoms. The second-order valence-electron chi connectivity index (χ2n) is 6.36. The van der Waals surface area contributed by atoms with Crippen molar-refractivity contribution in [1.82, 2.24) is 19.5 Å². The second-order valence-corrected chi connectivity index (χ2v) is 7.60. The first-order valence-electron chi connectivity index (χ1n) is 8.55. The number of aliphatic hydroxyl groups excluding tert-OH is 1. The number of hydrogen-bond donors (Lipinski definition) is 5. The molecule has 3 heterocycles. The number of fused-ring (bicyclic) bond motifs is 1. The maximum Gasteiger partial charge on any atom is 0.469 e. The number of imidazole rings is 1. The molecule has 2 aromatic heterocycles. The number of nitrogens with two attached hydrogens (primary N) is 1. The van der Waals surface area contributed by atoms with Crippen molar-refractivity contribution in [3.8, 4) is 0 Å². The van der Waals surface area contributed by atoms with Crippen molar-refractivity contribution in [3.63, 3.8) is 0 Å². The fourth-order valence-corrected chi connectivity index (χ4v) is 3.40. The van der Waals surface area contributed by atoms with Gasteiger partial charge >= 0.3 is 7.82 Å². The van der Waals surface area contributed by atoms with Gasteiger partial charge in [-0.05, 0) is 6.42 Å². The third kappa shape index (κ3) is 4.41. The molecule has 1 aliphatic heterocycles. The Bertz CT molecular complexity index is 926. The summed E-state index contributed by atoms with van der Waals surface area (Å²) >= 11 is 0. The lowest BCUT2D eigenvalue weighted by atomic mass is 9.99. The van der Waals surface area contributed by atoms with E-state index >= 15 is 0 Å². The molecule has 0 radical (unpaired) electrons. The Hall–Kier alpha value is -1.86. The van der Waals surface area contributed by atoms with Crippen molar-refractivity contribution in [2.45, 2.75) is 31.8 Å². The number of phosphoric ester groups is 1. The van der Waals surface area contributed by atoms with Crippen LogP contribution >= 0.6 is 7.82 Å². The fraction of sp³-hybridized carbons (Fsp3) is 0.643. The molecule has 1 fully saturated rings. The molecule has 28 heavy (non-hydrogen) atoms. The zero-order chi connectivity index (χ0) is 20.5. The van der Waals surface area contributed by atoms with Gasteiger partial charge < -0.3 is 30.1 Å². The minimum Gasteiger partial charge on any atom is -0.388 e. The highest BCUT2D eigenvalue weighted by Crippen LogP contribution is 2.40. The molecule has 14 heteroatoms. The van der Waals surface area contributed by atoms with Crippen LogP contribution in [0.1, 0.15) is 19.6 Å². The number of anilines is 1. The van der Waals surface area contributed by atoms with Crippen LogP contribution in [0.25, 0.3) is 11.2 Å². The molecule has 0 aromatic carbocycles. The van der Waals surface area contributed by atoms with Crippen molar-refractivity contribution < 1.29 is 33.5 Å². The minimum absolute atomic E-state index is 0.0127. The monoisotopic (exact) mass is 419 g/mol. The number of rotatable bonds is 8. The van der Waals surface area contributed by atoms with Gasteiger partial charge in [-0.25, -0.2) is 9.55 Å². The number of aromatic nitrogens is 4. The summed E-state index contributed by atoms with van der Waals surface area (Å²) in [7, 11) is -4.72. The summed E-state index contributed by atoms with van der Waals surface area (Å²) in [5, 5.41) is 10.8. The molecule has 0 saturated carbocycles. The molecule has 6 N–H and O–H groups in total. The fourth-order valence-electron chi connectivity index (χ4n) is 3.05. The molecule has 0 unspecified atom stereocenters. The van der Waals surface area contributed by atoms with E-state index in [1.54, 1.807) is 0 Å². The van der Waals surface area contributed by atoms with Gasteiger partial charge in [0.15, 0.2) is 17.4 Å². The van der Waals surface area contributed by atoms with E-state index in [0.717, 1.165) is 6.42 Å². The van der Waals surface area contributed by atoms with E-state index in [4.69, 9.17) is 25.0 Å². The summed E-state index contributed by atoms with van der Waals surface area (Å²) in [6.07, 6.45) is -1.01. The third-order valence-electron chi connectivity index (χ3n) is 4.31. The number of aliphatic hydroxyl groups is 1. The van der Waals surface area contributed by atoms with Gasteiger partial charge in [-0.3, -0.25) is 18.9 Å². The van der Waals surface area contributed by atoms with Gasteiger partial charge in [-0.2, -0.15) is 4.98 Å². The summed E-state index contributed by atoms with van der Waals surface area (Å²) in [4.78, 5) is 40.2. The SMILES string of the molecule is CCCOC[C@H]1[C@@H](O)[C@H](n2cnc3c(=O)[nH]c(N)nc32)O[C@@H]1COP(=O)(O)O. The summed E-state index contributed by atoms with van der Waals surface area (Å²) in [6, 6.07) is 0. The van der Waals surface area contributed by atoms with Crippen LogP contribution in [0, 0.1) is 5.92 Å². The molecule has 2 aromatic rings. The Morgan fingerprint density at radius 3 is 2.86 bits per heavy atom. The maximum atomic E-state index is 11.9. The van der Waals surface area contributed by atoms with Gasteiger partial charge in [0, 0.05) is 12.5 Å². The first-order chi connectivity index (χ1) is 13.2. The average molecular weight is 419 g/mol. The molecule has 156 valence electrons. The molecule has 0 aliphatic carbocycles. The predicted molar refractivity (Wildman–Crippen MR) is 95.1 cm³/mol. The lowest BCUT2D eigenvalue weighted by Crippen LogP contribution is -2.32. The summed E-state index contributed by atoms with van der Waals surface area (Å²) < 4.78 is 28.2. The van der Waals surface area contributed by atoms with E-state index in [0.29, 0.717) is 6.61 Å². The molecular formula is C14H22N5O8P. The number of nitrogen functional groups attached to an aromatic ring is 1. The van der Waals surface area contributed by atoms with Gasteiger partial charge in [0.25, 0.3) is 5.56 Å². The van der Waals surface area contributed by atoms with Crippen LogP contribution in [-0.2, 0) is 18.6 Å². The Labute approximate surface area is 158 Å². The van der Waals surface area contributed by atoms with Gasteiger partial charge in [-0.1, -0.05) is 6.92 Å². The normalized spacial score (nSPS) is 25.6. The highest BCUT2D eigenvalue weighted by Gasteiger charge is 2.46. The minimum atomic E-state index is -4.72. The van der Waals surface area contributed by atoms with Crippen molar-refractivity contribution >= 4 is 24.9 Å². The molecule has 0 bridgehead atoms. The van der Waals surface area contributed by atoms with Gasteiger partial charge in [0.05, 0.1) is 25.6 Å². The number of ether oxygens (including phenoxy) is 2. The largest absolute Gasteiger partial charge is 0.469 e. The van der Waals surface area contributed by atoms with Gasteiger partial charge in [0.1, 0.15) is 6.10 Å². The lowest BCUT2D eigenvalue weighted by molar-refractivity contribution is -0.0495.